The van der Waals surface area contributed by atoms with Crippen LogP contribution in [-0.2, 0) is 10.0 Å². The average Bonchev–Trinajstić information content (AvgIpc) is 3.00. The molecule has 0 bridgehead atoms. The van der Waals surface area contributed by atoms with Gasteiger partial charge in [0, 0.05) is 17.6 Å². The van der Waals surface area contributed by atoms with E-state index in [1.54, 1.807) is 4.72 Å². The molecule has 0 aliphatic carbocycles. The number of nitrogens with one attached hydrogen (secondary N) is 1. The lowest BCUT2D eigenvalue weighted by molar-refractivity contribution is -0.147. The van der Waals surface area contributed by atoms with Gasteiger partial charge in [-0.3, -0.25) is 4.98 Å². The number of fused-ring (bicyclic) bond motifs is 1. The second-order valence-electron chi connectivity index (χ2n) is 7.58. The maximum atomic E-state index is 12.7. The Morgan fingerprint density at radius 3 is 2.35 bits per heavy atom. The second kappa shape index (κ2) is 7.98. The molecule has 2 aromatic heterocycles. The van der Waals surface area contributed by atoms with Crippen molar-refractivity contribution in [2.75, 3.05) is 0 Å². The summed E-state index contributed by atoms with van der Waals surface area (Å²) >= 11 is 0. The van der Waals surface area contributed by atoms with Crippen molar-refractivity contribution in [3.8, 4) is 17.5 Å². The molecule has 1 N–H and O–H groups in total. The molecule has 31 heavy (non-hydrogen) atoms. The van der Waals surface area contributed by atoms with Gasteiger partial charge >= 0.3 is 6.18 Å². The Kier molecular flexibility index (Phi) is 5.86. The van der Waals surface area contributed by atoms with Crippen molar-refractivity contribution in [2.45, 2.75) is 50.9 Å². The summed E-state index contributed by atoms with van der Waals surface area (Å²) in [5.41, 5.74) is 3.10. The molecule has 3 rings (SSSR count). The van der Waals surface area contributed by atoms with E-state index in [0.717, 1.165) is 29.6 Å². The lowest BCUT2D eigenvalue weighted by Gasteiger charge is -2.17. The Bertz CT molecular complexity index is 1270. The van der Waals surface area contributed by atoms with Crippen LogP contribution in [0.4, 0.5) is 13.2 Å². The van der Waals surface area contributed by atoms with Gasteiger partial charge in [-0.15, -0.1) is 0 Å². The predicted octanol–water partition coefficient (Wildman–Crippen LogP) is 4.69. The maximum absolute atomic E-state index is 12.7. The minimum Gasteiger partial charge on any atom is -0.336 e. The van der Waals surface area contributed by atoms with Crippen LogP contribution in [0.2, 0.25) is 0 Å². The zero-order chi connectivity index (χ0) is 23.1. The molecule has 0 unspecified atom stereocenters. The Hall–Kier alpha value is -2.90. The number of sulfonamides is 1. The molecule has 1 atom stereocenters. The van der Waals surface area contributed by atoms with Crippen LogP contribution in [0, 0.1) is 18.3 Å². The fourth-order valence-electron chi connectivity index (χ4n) is 3.38. The first-order valence-corrected chi connectivity index (χ1v) is 10.9. The summed E-state index contributed by atoms with van der Waals surface area (Å²) in [6.07, 6.45) is -3.71. The fourth-order valence-corrected chi connectivity index (χ4v) is 4.55. The van der Waals surface area contributed by atoms with Crippen LogP contribution in [0.5, 0.6) is 0 Å². The van der Waals surface area contributed by atoms with Gasteiger partial charge in [-0.1, -0.05) is 11.6 Å². The van der Waals surface area contributed by atoms with Gasteiger partial charge in [-0.05, 0) is 52.0 Å². The molecule has 0 aliphatic rings. The molecule has 3 aromatic rings. The number of nitriles is 1. The maximum Gasteiger partial charge on any atom is 0.404 e. The first kappa shape index (κ1) is 22.8. The fraction of sp³-hybridized carbons (Fsp3) is 0.333. The van der Waals surface area contributed by atoms with Gasteiger partial charge in [0.2, 0.25) is 10.0 Å². The predicted molar refractivity (Wildman–Crippen MR) is 111 cm³/mol. The van der Waals surface area contributed by atoms with Crippen LogP contribution < -0.4 is 4.72 Å². The number of aryl methyl sites for hydroxylation is 1. The highest BCUT2D eigenvalue weighted by Gasteiger charge is 2.39. The van der Waals surface area contributed by atoms with Gasteiger partial charge in [0.1, 0.15) is 17.0 Å². The van der Waals surface area contributed by atoms with Gasteiger partial charge in [0.15, 0.2) is 0 Å². The van der Waals surface area contributed by atoms with E-state index in [1.165, 1.54) is 12.1 Å². The van der Waals surface area contributed by atoms with Crippen LogP contribution in [0.1, 0.15) is 37.9 Å². The highest BCUT2D eigenvalue weighted by molar-refractivity contribution is 7.89. The van der Waals surface area contributed by atoms with Crippen molar-refractivity contribution in [2.24, 2.45) is 0 Å². The first-order valence-electron chi connectivity index (χ1n) is 9.47. The number of rotatable bonds is 5. The first-order chi connectivity index (χ1) is 14.4. The molecule has 0 saturated carbocycles. The summed E-state index contributed by atoms with van der Waals surface area (Å²) in [6, 6.07) is 8.27. The topological polar surface area (TPSA) is 87.8 Å². The van der Waals surface area contributed by atoms with Crippen molar-refractivity contribution in [1.82, 2.24) is 14.3 Å². The Labute approximate surface area is 178 Å². The molecule has 0 radical (unpaired) electrons. The van der Waals surface area contributed by atoms with Gasteiger partial charge in [-0.2, -0.15) is 23.2 Å². The van der Waals surface area contributed by atoms with Crippen LogP contribution in [0.15, 0.2) is 41.4 Å². The zero-order valence-corrected chi connectivity index (χ0v) is 18.1. The van der Waals surface area contributed by atoms with Crippen molar-refractivity contribution >= 4 is 20.9 Å². The number of alkyl halides is 3. The van der Waals surface area contributed by atoms with Crippen LogP contribution in [-0.4, -0.2) is 30.2 Å². The van der Waals surface area contributed by atoms with Crippen LogP contribution in [0.25, 0.3) is 22.3 Å². The van der Waals surface area contributed by atoms with Gasteiger partial charge < -0.3 is 4.57 Å². The van der Waals surface area contributed by atoms with E-state index in [-0.39, 0.29) is 6.04 Å². The smallest absolute Gasteiger partial charge is 0.336 e. The van der Waals surface area contributed by atoms with E-state index in [2.05, 4.69) is 11.1 Å². The van der Waals surface area contributed by atoms with Crippen LogP contribution in [0.3, 0.4) is 0 Å². The Morgan fingerprint density at radius 2 is 1.84 bits per heavy atom. The Balaban J connectivity index is 2.11. The number of halogens is 3. The quantitative estimate of drug-likeness (QED) is 0.611. The number of benzene rings is 1. The van der Waals surface area contributed by atoms with E-state index < -0.39 is 27.1 Å². The van der Waals surface area contributed by atoms with E-state index in [1.807, 2.05) is 43.5 Å². The molecule has 0 amide bonds. The molecule has 0 spiro atoms. The zero-order valence-electron chi connectivity index (χ0n) is 17.3. The molecular weight excluding hydrogens is 429 g/mol. The van der Waals surface area contributed by atoms with E-state index in [4.69, 9.17) is 0 Å². The molecule has 10 heteroatoms. The number of pyridine rings is 1. The third-order valence-corrected chi connectivity index (χ3v) is 6.42. The lowest BCUT2D eigenvalue weighted by atomic mass is 10.1. The molecular formula is C21H21F3N4O2S. The molecule has 164 valence electrons. The van der Waals surface area contributed by atoms with Crippen molar-refractivity contribution in [3.63, 3.8) is 0 Å². The van der Waals surface area contributed by atoms with E-state index in [0.29, 0.717) is 17.0 Å². The summed E-state index contributed by atoms with van der Waals surface area (Å²) in [6.45, 7) is 6.54. The molecule has 0 saturated heterocycles. The summed E-state index contributed by atoms with van der Waals surface area (Å²) in [5, 5.41) is 10.6. The summed E-state index contributed by atoms with van der Waals surface area (Å²) < 4.78 is 66.4. The van der Waals surface area contributed by atoms with Crippen LogP contribution >= 0.6 is 0 Å². The Morgan fingerprint density at radius 1 is 1.16 bits per heavy atom. The van der Waals surface area contributed by atoms with E-state index in [9.17, 15) is 26.9 Å². The second-order valence-corrected chi connectivity index (χ2v) is 9.30. The van der Waals surface area contributed by atoms with Crippen molar-refractivity contribution in [3.05, 3.63) is 47.7 Å². The third kappa shape index (κ3) is 4.29. The summed E-state index contributed by atoms with van der Waals surface area (Å²) in [5.74, 6) is 0. The molecule has 1 aromatic carbocycles. The van der Waals surface area contributed by atoms with E-state index >= 15 is 0 Å². The lowest BCUT2D eigenvalue weighted by Crippen LogP contribution is -2.42. The van der Waals surface area contributed by atoms with Crippen molar-refractivity contribution < 1.29 is 21.6 Å². The molecule has 0 aliphatic heterocycles. The van der Waals surface area contributed by atoms with Gasteiger partial charge in [0.25, 0.3) is 0 Å². The monoisotopic (exact) mass is 450 g/mol. The SMILES string of the molecule is Cc1ccc2c(c1)c(C#N)c(-c1ccc(S(=O)(=O)N[C@H](C)C(F)(F)F)cn1)n2C(C)C. The minimum atomic E-state index is -4.71. The number of aromatic nitrogens is 2. The van der Waals surface area contributed by atoms with Crippen molar-refractivity contribution in [1.29, 1.82) is 5.26 Å². The minimum absolute atomic E-state index is 0.0261. The third-order valence-electron chi connectivity index (χ3n) is 4.90. The molecule has 0 fully saturated rings. The number of hydrogen-bond acceptors (Lipinski definition) is 4. The average molecular weight is 450 g/mol. The summed E-state index contributed by atoms with van der Waals surface area (Å²) in [7, 11) is -4.42. The molecule has 6 nitrogen and oxygen atoms in total. The highest BCUT2D eigenvalue weighted by Crippen LogP contribution is 2.36. The van der Waals surface area contributed by atoms with Gasteiger partial charge in [0.05, 0.1) is 22.5 Å². The number of hydrogen-bond donors (Lipinski definition) is 1. The standard InChI is InChI=1S/C21H21F3N4O2S/c1-12(2)28-19-8-5-13(3)9-16(19)17(10-25)20(28)18-7-6-15(11-26-18)31(29,30)27-14(4)21(22,23)24/h5-9,11-12,14,27H,1-4H3/t14-/m1/s1. The molecule has 2 heterocycles. The highest BCUT2D eigenvalue weighted by atomic mass is 32.2. The number of nitrogens with zero attached hydrogens (tertiary/aromatic N) is 3. The largest absolute Gasteiger partial charge is 0.404 e. The summed E-state index contributed by atoms with van der Waals surface area (Å²) in [4.78, 5) is 3.79. The van der Waals surface area contributed by atoms with Gasteiger partial charge in [-0.25, -0.2) is 8.42 Å². The normalized spacial score (nSPS) is 13.5.